The van der Waals surface area contributed by atoms with Gasteiger partial charge in [-0.1, -0.05) is 36.4 Å². The minimum Gasteiger partial charge on any atom is -0.497 e. The Morgan fingerprint density at radius 2 is 1.47 bits per heavy atom. The Morgan fingerprint density at radius 3 is 2.22 bits per heavy atom. The fraction of sp³-hybridized carbons (Fsp3) is 0.167. The van der Waals surface area contributed by atoms with Crippen molar-refractivity contribution in [1.82, 2.24) is 0 Å². The Morgan fingerprint density at radius 1 is 0.722 bits per heavy atom. The van der Waals surface area contributed by atoms with Crippen molar-refractivity contribution in [1.29, 1.82) is 0 Å². The first-order valence-electron chi connectivity index (χ1n) is 11.8. The zero-order valence-electron chi connectivity index (χ0n) is 20.4. The highest BCUT2D eigenvalue weighted by Gasteiger charge is 2.12. The highest BCUT2D eigenvalue weighted by Crippen LogP contribution is 2.25. The molecule has 4 rings (SSSR count). The van der Waals surface area contributed by atoms with Gasteiger partial charge < -0.3 is 24.3 Å². The monoisotopic (exact) mass is 483 g/mol. The summed E-state index contributed by atoms with van der Waals surface area (Å²) in [7, 11) is 1.61. The molecule has 0 saturated carbocycles. The summed E-state index contributed by atoms with van der Waals surface area (Å²) in [6, 6.07) is 30.0. The zero-order chi connectivity index (χ0) is 25.2. The number of anilines is 1. The zero-order valence-corrected chi connectivity index (χ0v) is 20.4. The quantitative estimate of drug-likeness (QED) is 0.264. The predicted molar refractivity (Wildman–Crippen MR) is 140 cm³/mol. The molecule has 4 aromatic carbocycles. The van der Waals surface area contributed by atoms with Crippen LogP contribution in [-0.4, -0.2) is 19.6 Å². The van der Waals surface area contributed by atoms with Crippen molar-refractivity contribution in [3.63, 3.8) is 0 Å². The summed E-state index contributed by atoms with van der Waals surface area (Å²) < 4.78 is 22.7. The molecular weight excluding hydrogens is 454 g/mol. The van der Waals surface area contributed by atoms with Crippen LogP contribution < -0.4 is 24.3 Å². The third kappa shape index (κ3) is 6.79. The first kappa shape index (κ1) is 24.7. The van der Waals surface area contributed by atoms with E-state index in [9.17, 15) is 4.79 Å². The molecule has 6 nitrogen and oxygen atoms in total. The number of nitrogens with one attached hydrogen (secondary N) is 1. The fourth-order valence-electron chi connectivity index (χ4n) is 3.56. The van der Waals surface area contributed by atoms with Gasteiger partial charge in [0.15, 0.2) is 0 Å². The van der Waals surface area contributed by atoms with Crippen LogP contribution in [0.4, 0.5) is 5.69 Å². The van der Waals surface area contributed by atoms with Gasteiger partial charge in [-0.25, -0.2) is 0 Å². The molecule has 0 aliphatic heterocycles. The third-order valence-corrected chi connectivity index (χ3v) is 5.42. The Hall–Kier alpha value is -4.45. The SMILES string of the molecule is CCOc1ccc(C(=O)Nc2ccc(OCc3ccccc3)cc2)cc1COc1cccc(OC)c1. The van der Waals surface area contributed by atoms with Gasteiger partial charge in [-0.2, -0.15) is 0 Å². The van der Waals surface area contributed by atoms with Crippen LogP contribution in [0.5, 0.6) is 23.0 Å². The number of hydrogen-bond acceptors (Lipinski definition) is 5. The summed E-state index contributed by atoms with van der Waals surface area (Å²) in [6.07, 6.45) is 0. The first-order valence-corrected chi connectivity index (χ1v) is 11.8. The second-order valence-electron chi connectivity index (χ2n) is 7.98. The van der Waals surface area contributed by atoms with E-state index in [2.05, 4.69) is 5.32 Å². The van der Waals surface area contributed by atoms with E-state index in [1.54, 1.807) is 25.3 Å². The Bertz CT molecular complexity index is 1270. The second kappa shape index (κ2) is 12.3. The van der Waals surface area contributed by atoms with E-state index in [1.807, 2.05) is 85.8 Å². The second-order valence-corrected chi connectivity index (χ2v) is 7.98. The van der Waals surface area contributed by atoms with Crippen LogP contribution >= 0.6 is 0 Å². The van der Waals surface area contributed by atoms with Crippen LogP contribution in [-0.2, 0) is 13.2 Å². The lowest BCUT2D eigenvalue weighted by Crippen LogP contribution is -2.13. The van der Waals surface area contributed by atoms with Crippen molar-refractivity contribution in [3.8, 4) is 23.0 Å². The smallest absolute Gasteiger partial charge is 0.255 e. The lowest BCUT2D eigenvalue weighted by molar-refractivity contribution is 0.102. The number of methoxy groups -OCH3 is 1. The molecule has 4 aromatic rings. The normalized spacial score (nSPS) is 10.4. The van der Waals surface area contributed by atoms with Crippen molar-refractivity contribution in [2.45, 2.75) is 20.1 Å². The summed E-state index contributed by atoms with van der Waals surface area (Å²) >= 11 is 0. The number of rotatable bonds is 11. The largest absolute Gasteiger partial charge is 0.497 e. The van der Waals surface area contributed by atoms with E-state index in [0.29, 0.717) is 41.7 Å². The number of ether oxygens (including phenoxy) is 4. The van der Waals surface area contributed by atoms with Gasteiger partial charge in [-0.3, -0.25) is 4.79 Å². The van der Waals surface area contributed by atoms with Gasteiger partial charge >= 0.3 is 0 Å². The number of benzene rings is 4. The van der Waals surface area contributed by atoms with Gasteiger partial charge in [0, 0.05) is 22.9 Å². The van der Waals surface area contributed by atoms with Crippen molar-refractivity contribution < 1.29 is 23.7 Å². The van der Waals surface area contributed by atoms with E-state index in [4.69, 9.17) is 18.9 Å². The predicted octanol–water partition coefficient (Wildman–Crippen LogP) is 6.50. The van der Waals surface area contributed by atoms with Crippen LogP contribution in [0.15, 0.2) is 97.1 Å². The number of carbonyl (C=O) groups excluding carboxylic acids is 1. The lowest BCUT2D eigenvalue weighted by Gasteiger charge is -2.14. The molecule has 6 heteroatoms. The number of carbonyl (C=O) groups is 1. The van der Waals surface area contributed by atoms with E-state index < -0.39 is 0 Å². The highest BCUT2D eigenvalue weighted by atomic mass is 16.5. The molecule has 0 aliphatic carbocycles. The summed E-state index contributed by atoms with van der Waals surface area (Å²) in [4.78, 5) is 12.9. The topological polar surface area (TPSA) is 66.0 Å². The van der Waals surface area contributed by atoms with Gasteiger partial charge in [-0.05, 0) is 67.1 Å². The maximum absolute atomic E-state index is 12.9. The van der Waals surface area contributed by atoms with Crippen molar-refractivity contribution in [3.05, 3.63) is 114 Å². The van der Waals surface area contributed by atoms with Crippen molar-refractivity contribution >= 4 is 11.6 Å². The molecule has 0 saturated heterocycles. The minimum absolute atomic E-state index is 0.223. The van der Waals surface area contributed by atoms with E-state index >= 15 is 0 Å². The van der Waals surface area contributed by atoms with E-state index in [0.717, 1.165) is 16.9 Å². The molecule has 0 bridgehead atoms. The maximum atomic E-state index is 12.9. The standard InChI is InChI=1S/C30H29NO5/c1-3-34-29-17-12-23(18-24(29)21-36-28-11-7-10-27(19-28)33-2)30(32)31-25-13-15-26(16-14-25)35-20-22-8-5-4-6-9-22/h4-19H,3,20-21H2,1-2H3,(H,31,32). The molecule has 0 aliphatic rings. The van der Waals surface area contributed by atoms with Crippen LogP contribution in [0.2, 0.25) is 0 Å². The molecule has 0 spiro atoms. The van der Waals surface area contributed by atoms with E-state index in [-0.39, 0.29) is 12.5 Å². The highest BCUT2D eigenvalue weighted by molar-refractivity contribution is 6.04. The van der Waals surface area contributed by atoms with Gasteiger partial charge in [-0.15, -0.1) is 0 Å². The molecule has 1 amide bonds. The van der Waals surface area contributed by atoms with Gasteiger partial charge in [0.1, 0.15) is 36.2 Å². The summed E-state index contributed by atoms with van der Waals surface area (Å²) in [6.45, 7) is 3.16. The third-order valence-electron chi connectivity index (χ3n) is 5.42. The average Bonchev–Trinajstić information content (AvgIpc) is 2.93. The summed E-state index contributed by atoms with van der Waals surface area (Å²) in [5.74, 6) is 2.56. The molecule has 36 heavy (non-hydrogen) atoms. The van der Waals surface area contributed by atoms with Crippen molar-refractivity contribution in [2.75, 3.05) is 19.0 Å². The molecule has 184 valence electrons. The summed E-state index contributed by atoms with van der Waals surface area (Å²) in [5, 5.41) is 2.93. The molecule has 1 N–H and O–H groups in total. The Kier molecular flexibility index (Phi) is 8.44. The Labute approximate surface area is 211 Å². The van der Waals surface area contributed by atoms with Crippen LogP contribution in [0.3, 0.4) is 0 Å². The first-order chi connectivity index (χ1) is 17.6. The van der Waals surface area contributed by atoms with Gasteiger partial charge in [0.2, 0.25) is 0 Å². The maximum Gasteiger partial charge on any atom is 0.255 e. The summed E-state index contributed by atoms with van der Waals surface area (Å²) in [5.41, 5.74) is 3.05. The number of amides is 1. The molecular formula is C30H29NO5. The molecule has 0 unspecified atom stereocenters. The lowest BCUT2D eigenvalue weighted by atomic mass is 10.1. The van der Waals surface area contributed by atoms with E-state index in [1.165, 1.54) is 0 Å². The fourth-order valence-corrected chi connectivity index (χ4v) is 3.56. The molecule has 0 aromatic heterocycles. The molecule has 0 heterocycles. The Balaban J connectivity index is 1.40. The molecule has 0 fully saturated rings. The number of hydrogen-bond donors (Lipinski definition) is 1. The van der Waals surface area contributed by atoms with Crippen LogP contribution in [0, 0.1) is 0 Å². The van der Waals surface area contributed by atoms with Gasteiger partial charge in [0.25, 0.3) is 5.91 Å². The van der Waals surface area contributed by atoms with Gasteiger partial charge in [0.05, 0.1) is 13.7 Å². The average molecular weight is 484 g/mol. The molecule has 0 atom stereocenters. The van der Waals surface area contributed by atoms with Crippen LogP contribution in [0.1, 0.15) is 28.4 Å². The minimum atomic E-state index is -0.223. The van der Waals surface area contributed by atoms with Crippen molar-refractivity contribution in [2.24, 2.45) is 0 Å². The molecule has 0 radical (unpaired) electrons. The van der Waals surface area contributed by atoms with Crippen LogP contribution in [0.25, 0.3) is 0 Å².